The van der Waals surface area contributed by atoms with E-state index in [2.05, 4.69) is 15.5 Å². The standard InChI is InChI=1S/C31H35FN4O6/c1-5-31(6-2,30(40)41)26-15-14-24(21-8-7-9-22(32)17-21)36(26)29(39)19(4)33-27(37)20-10-12-23(13-11-20)42-25-16-18(3)34-35-28(25)38/h7-13,16-17,19,24,26H,5-6,14-15H2,1-4H3,(H,33,37)(H,35,38)(H,40,41)/t19-,24+,26-/m1/s1. The Balaban J connectivity index is 1.55. The number of benzene rings is 2. The SMILES string of the molecule is CCC(CC)(C(=O)O)[C@H]1CC[C@@H](c2cccc(F)c2)N1C(=O)[C@@H](C)NC(=O)c1ccc(Oc2cc(C)n[nH]c2=O)cc1. The molecule has 1 fully saturated rings. The van der Waals surface area contributed by atoms with Crippen LogP contribution < -0.4 is 15.6 Å². The number of carbonyl (C=O) groups is 3. The Morgan fingerprint density at radius 1 is 1.14 bits per heavy atom. The number of likely N-dealkylation sites (tertiary alicyclic amines) is 1. The molecule has 0 spiro atoms. The van der Waals surface area contributed by atoms with Gasteiger partial charge < -0.3 is 20.1 Å². The first kappa shape index (κ1) is 30.4. The third-order valence-corrected chi connectivity index (χ3v) is 8.16. The van der Waals surface area contributed by atoms with Crippen molar-refractivity contribution in [1.29, 1.82) is 0 Å². The molecule has 2 amide bonds. The topological polar surface area (TPSA) is 142 Å². The van der Waals surface area contributed by atoms with Crippen molar-refractivity contribution in [2.75, 3.05) is 0 Å². The van der Waals surface area contributed by atoms with Gasteiger partial charge in [0.15, 0.2) is 5.75 Å². The van der Waals surface area contributed by atoms with E-state index in [9.17, 15) is 28.7 Å². The summed E-state index contributed by atoms with van der Waals surface area (Å²) in [4.78, 5) is 53.1. The summed E-state index contributed by atoms with van der Waals surface area (Å²) < 4.78 is 19.8. The molecule has 0 radical (unpaired) electrons. The molecule has 3 N–H and O–H groups in total. The van der Waals surface area contributed by atoms with E-state index in [1.165, 1.54) is 42.5 Å². The van der Waals surface area contributed by atoms with Crippen molar-refractivity contribution in [1.82, 2.24) is 20.4 Å². The van der Waals surface area contributed by atoms with E-state index in [-0.39, 0.29) is 11.3 Å². The number of ether oxygens (including phenoxy) is 1. The van der Waals surface area contributed by atoms with Crippen LogP contribution in [0.1, 0.15) is 74.1 Å². The molecule has 2 aromatic carbocycles. The van der Waals surface area contributed by atoms with E-state index in [0.717, 1.165) is 0 Å². The fourth-order valence-electron chi connectivity index (χ4n) is 5.79. The summed E-state index contributed by atoms with van der Waals surface area (Å²) in [5, 5.41) is 19.1. The Hall–Kier alpha value is -4.54. The van der Waals surface area contributed by atoms with Crippen LogP contribution in [0.4, 0.5) is 4.39 Å². The largest absolute Gasteiger partial charge is 0.481 e. The number of amides is 2. The monoisotopic (exact) mass is 578 g/mol. The van der Waals surface area contributed by atoms with Crippen molar-refractivity contribution in [3.63, 3.8) is 0 Å². The van der Waals surface area contributed by atoms with Gasteiger partial charge in [0.2, 0.25) is 5.91 Å². The summed E-state index contributed by atoms with van der Waals surface area (Å²) in [6, 6.07) is 11.3. The second-order valence-corrected chi connectivity index (χ2v) is 10.6. The summed E-state index contributed by atoms with van der Waals surface area (Å²) in [6.07, 6.45) is 1.52. The Bertz CT molecular complexity index is 1520. The number of aryl methyl sites for hydroxylation is 1. The lowest BCUT2D eigenvalue weighted by molar-refractivity contribution is -0.157. The van der Waals surface area contributed by atoms with Gasteiger partial charge in [-0.3, -0.25) is 19.2 Å². The molecule has 2 heterocycles. The highest BCUT2D eigenvalue weighted by molar-refractivity contribution is 5.97. The number of nitrogens with zero attached hydrogens (tertiary/aromatic N) is 2. The van der Waals surface area contributed by atoms with Crippen LogP contribution in [-0.4, -0.2) is 50.1 Å². The maximum Gasteiger partial charge on any atom is 0.311 e. The second-order valence-electron chi connectivity index (χ2n) is 10.6. The van der Waals surface area contributed by atoms with Crippen molar-refractivity contribution in [3.05, 3.63) is 87.6 Å². The lowest BCUT2D eigenvalue weighted by atomic mass is 9.74. The van der Waals surface area contributed by atoms with Gasteiger partial charge in [0.25, 0.3) is 5.91 Å². The molecule has 1 aromatic heterocycles. The molecule has 0 unspecified atom stereocenters. The van der Waals surface area contributed by atoms with Gasteiger partial charge in [0.05, 0.1) is 17.2 Å². The van der Waals surface area contributed by atoms with Crippen LogP contribution in [0.3, 0.4) is 0 Å². The number of halogens is 1. The Morgan fingerprint density at radius 2 is 1.83 bits per heavy atom. The number of H-pyrrole nitrogens is 1. The molecule has 0 aliphatic carbocycles. The third kappa shape index (κ3) is 6.05. The van der Waals surface area contributed by atoms with Crippen LogP contribution in [0.2, 0.25) is 0 Å². The van der Waals surface area contributed by atoms with E-state index in [1.54, 1.807) is 44.7 Å². The van der Waals surface area contributed by atoms with Crippen LogP contribution in [0, 0.1) is 18.2 Å². The first-order valence-electron chi connectivity index (χ1n) is 14.0. The maximum atomic E-state index is 14.2. The molecule has 3 aromatic rings. The molecule has 42 heavy (non-hydrogen) atoms. The van der Waals surface area contributed by atoms with Crippen molar-refractivity contribution in [2.24, 2.45) is 5.41 Å². The number of hydrogen-bond acceptors (Lipinski definition) is 6. The van der Waals surface area contributed by atoms with Crippen LogP contribution in [0.25, 0.3) is 0 Å². The fourth-order valence-corrected chi connectivity index (χ4v) is 5.79. The number of hydrogen-bond donors (Lipinski definition) is 3. The molecule has 0 saturated carbocycles. The van der Waals surface area contributed by atoms with Crippen molar-refractivity contribution in [3.8, 4) is 11.5 Å². The highest BCUT2D eigenvalue weighted by Gasteiger charge is 2.52. The van der Waals surface area contributed by atoms with Gasteiger partial charge in [-0.1, -0.05) is 26.0 Å². The molecule has 11 heteroatoms. The minimum absolute atomic E-state index is 0.0588. The molecular formula is C31H35FN4O6. The van der Waals surface area contributed by atoms with Gasteiger partial charge in [-0.15, -0.1) is 0 Å². The Morgan fingerprint density at radius 3 is 2.45 bits per heavy atom. The zero-order chi connectivity index (χ0) is 30.6. The Kier molecular flexibility index (Phi) is 9.08. The van der Waals surface area contributed by atoms with Crippen LogP contribution in [0.5, 0.6) is 11.5 Å². The van der Waals surface area contributed by atoms with E-state index < -0.39 is 52.7 Å². The van der Waals surface area contributed by atoms with E-state index in [1.807, 2.05) is 0 Å². The summed E-state index contributed by atoms with van der Waals surface area (Å²) in [5.41, 5.74) is -0.285. The number of carbonyl (C=O) groups excluding carboxylic acids is 2. The fraction of sp³-hybridized carbons (Fsp3) is 0.387. The lowest BCUT2D eigenvalue weighted by Gasteiger charge is -2.42. The molecule has 10 nitrogen and oxygen atoms in total. The first-order chi connectivity index (χ1) is 20.0. The smallest absolute Gasteiger partial charge is 0.311 e. The second kappa shape index (κ2) is 12.5. The number of carboxylic acid groups (broad SMARTS) is 1. The number of rotatable bonds is 10. The van der Waals surface area contributed by atoms with Gasteiger partial charge >= 0.3 is 11.5 Å². The maximum absolute atomic E-state index is 14.2. The van der Waals surface area contributed by atoms with Crippen LogP contribution >= 0.6 is 0 Å². The molecule has 0 bridgehead atoms. The van der Waals surface area contributed by atoms with Crippen LogP contribution in [0.15, 0.2) is 59.4 Å². The van der Waals surface area contributed by atoms with Gasteiger partial charge in [-0.25, -0.2) is 9.49 Å². The Labute approximate surface area is 242 Å². The van der Waals surface area contributed by atoms with Crippen molar-refractivity contribution < 1.29 is 28.6 Å². The zero-order valence-corrected chi connectivity index (χ0v) is 24.0. The summed E-state index contributed by atoms with van der Waals surface area (Å²) in [7, 11) is 0. The van der Waals surface area contributed by atoms with Gasteiger partial charge in [-0.05, 0) is 81.5 Å². The van der Waals surface area contributed by atoms with Gasteiger partial charge in [-0.2, -0.15) is 5.10 Å². The van der Waals surface area contributed by atoms with Gasteiger partial charge in [0, 0.05) is 17.7 Å². The number of carboxylic acids is 1. The molecular weight excluding hydrogens is 543 g/mol. The van der Waals surface area contributed by atoms with Crippen LogP contribution in [-0.2, 0) is 9.59 Å². The normalized spacial score (nSPS) is 17.5. The minimum atomic E-state index is -1.19. The summed E-state index contributed by atoms with van der Waals surface area (Å²) in [6.45, 7) is 6.84. The predicted molar refractivity (Wildman–Crippen MR) is 153 cm³/mol. The van der Waals surface area contributed by atoms with E-state index in [0.29, 0.717) is 42.7 Å². The van der Waals surface area contributed by atoms with Gasteiger partial charge in [0.1, 0.15) is 17.6 Å². The highest BCUT2D eigenvalue weighted by atomic mass is 19.1. The predicted octanol–water partition coefficient (Wildman–Crippen LogP) is 4.75. The lowest BCUT2D eigenvalue weighted by Crippen LogP contribution is -2.55. The molecule has 3 atom stereocenters. The minimum Gasteiger partial charge on any atom is -0.481 e. The van der Waals surface area contributed by atoms with Crippen molar-refractivity contribution in [2.45, 2.75) is 71.5 Å². The molecule has 4 rings (SSSR count). The zero-order valence-electron chi connectivity index (χ0n) is 24.0. The number of aliphatic carboxylic acids is 1. The number of aromatic amines is 1. The quantitative estimate of drug-likeness (QED) is 0.315. The third-order valence-electron chi connectivity index (χ3n) is 8.16. The van der Waals surface area contributed by atoms with E-state index >= 15 is 0 Å². The molecule has 1 aliphatic rings. The molecule has 1 saturated heterocycles. The van der Waals surface area contributed by atoms with E-state index in [4.69, 9.17) is 4.74 Å². The summed E-state index contributed by atoms with van der Waals surface area (Å²) >= 11 is 0. The van der Waals surface area contributed by atoms with Crippen molar-refractivity contribution >= 4 is 17.8 Å². The summed E-state index contributed by atoms with van der Waals surface area (Å²) in [5.74, 6) is -2.01. The average Bonchev–Trinajstić information content (AvgIpc) is 3.41. The number of nitrogens with one attached hydrogen (secondary N) is 2. The highest BCUT2D eigenvalue weighted by Crippen LogP contribution is 2.47. The average molecular weight is 579 g/mol. The number of aromatic nitrogens is 2. The molecule has 222 valence electrons. The molecule has 1 aliphatic heterocycles. The first-order valence-corrected chi connectivity index (χ1v) is 14.0.